The Morgan fingerprint density at radius 1 is 0.500 bits per heavy atom. The van der Waals surface area contributed by atoms with E-state index in [-0.39, 0.29) is 0 Å². The second kappa shape index (κ2) is 10.5. The largest absolute Gasteiger partial charge is 0.0654 e. The van der Waals surface area contributed by atoms with E-state index in [2.05, 4.69) is 62.4 Å². The first-order valence-corrected chi connectivity index (χ1v) is 18.8. The van der Waals surface area contributed by atoms with Crippen LogP contribution >= 0.6 is 0 Å². The normalized spacial score (nSPS) is 39.7. The molecule has 8 bridgehead atoms. The molecule has 8 atom stereocenters. The quantitative estimate of drug-likeness (QED) is 0.189. The lowest BCUT2D eigenvalue weighted by Gasteiger charge is -2.91. The summed E-state index contributed by atoms with van der Waals surface area (Å²) in [4.78, 5) is 0. The van der Waals surface area contributed by atoms with Gasteiger partial charge in [0.05, 0.1) is 0 Å². The van der Waals surface area contributed by atoms with Crippen molar-refractivity contribution in [1.82, 2.24) is 0 Å². The lowest BCUT2D eigenvalue weighted by Crippen LogP contribution is -2.85. The summed E-state index contributed by atoms with van der Waals surface area (Å²) in [5, 5.41) is 0. The fraction of sp³-hybridized carbons (Fsp3) is 0.714. The first kappa shape index (κ1) is 28.0. The minimum Gasteiger partial charge on any atom is -0.0654 e. The zero-order valence-electron chi connectivity index (χ0n) is 27.1. The van der Waals surface area contributed by atoms with Crippen LogP contribution in [0.15, 0.2) is 48.5 Å². The molecule has 0 N–H and O–H groups in total. The highest BCUT2D eigenvalue weighted by Crippen LogP contribution is 2.93. The van der Waals surface area contributed by atoms with Gasteiger partial charge in [0, 0.05) is 0 Å². The highest BCUT2D eigenvalue weighted by atomic mass is 14.9. The monoisotopic (exact) mass is 562 g/mol. The lowest BCUT2D eigenvalue weighted by atomic mass is 9.13. The predicted octanol–water partition coefficient (Wildman–Crippen LogP) is 11.5. The molecule has 9 aliphatic rings. The Morgan fingerprint density at radius 2 is 0.976 bits per heavy atom. The average molecular weight is 563 g/mol. The van der Waals surface area contributed by atoms with E-state index in [0.29, 0.717) is 21.7 Å². The van der Waals surface area contributed by atoms with E-state index in [1.807, 2.05) is 0 Å². The van der Waals surface area contributed by atoms with Crippen molar-refractivity contribution in [2.75, 3.05) is 0 Å². The molecular formula is C42H58. The third-order valence-corrected chi connectivity index (χ3v) is 14.9. The molecule has 9 saturated carbocycles. The Kier molecular flexibility index (Phi) is 7.00. The summed E-state index contributed by atoms with van der Waals surface area (Å²) < 4.78 is 0. The second-order valence-electron chi connectivity index (χ2n) is 16.9. The molecule has 0 heteroatoms. The van der Waals surface area contributed by atoms with Gasteiger partial charge < -0.3 is 0 Å². The van der Waals surface area contributed by atoms with Crippen LogP contribution < -0.4 is 0 Å². The van der Waals surface area contributed by atoms with Crippen molar-refractivity contribution >= 4 is 0 Å². The molecule has 0 heterocycles. The van der Waals surface area contributed by atoms with Crippen LogP contribution in [0.3, 0.4) is 0 Å². The average Bonchev–Trinajstić information content (AvgIpc) is 3.01. The maximum atomic E-state index is 2.61. The maximum absolute atomic E-state index is 2.61. The molecule has 11 rings (SSSR count). The standard InChI is InChI=1S/C42H58/c1-3-5-7-9-11-13-15-31-16-20-33(21-17-31)39-25-36-35-24-40(34-22-18-32(19-23-34)14-12-10-8-6-4-2)28-41(36)30-42(29-40,37(35)26-39)38(41)27-39/h16-23,35-38H,3-15,24-30H2,1-2H3/t35?,36-,37+,38?,39?,40?,41?,42?. The van der Waals surface area contributed by atoms with Crippen molar-refractivity contribution in [3.8, 4) is 0 Å². The Hall–Kier alpha value is -1.56. The maximum Gasteiger partial charge on any atom is -0.00332 e. The Balaban J connectivity index is 0.948. The minimum absolute atomic E-state index is 0.513. The molecule has 9 aliphatic carbocycles. The Labute approximate surface area is 257 Å². The van der Waals surface area contributed by atoms with E-state index >= 15 is 0 Å². The van der Waals surface area contributed by atoms with Gasteiger partial charge in [-0.1, -0.05) is 120 Å². The number of hydrogen-bond donors (Lipinski definition) is 0. The fourth-order valence-electron chi connectivity index (χ4n) is 13.4. The van der Waals surface area contributed by atoms with E-state index in [0.717, 1.165) is 23.7 Å². The van der Waals surface area contributed by atoms with Crippen molar-refractivity contribution in [2.45, 2.75) is 153 Å². The Morgan fingerprint density at radius 3 is 1.50 bits per heavy atom. The molecule has 2 spiro atoms. The van der Waals surface area contributed by atoms with Gasteiger partial charge in [-0.05, 0) is 138 Å². The molecular weight excluding hydrogens is 504 g/mol. The van der Waals surface area contributed by atoms with E-state index < -0.39 is 0 Å². The first-order valence-electron chi connectivity index (χ1n) is 18.8. The van der Waals surface area contributed by atoms with Gasteiger partial charge in [0.15, 0.2) is 0 Å². The van der Waals surface area contributed by atoms with Crippen LogP contribution in [0.4, 0.5) is 0 Å². The van der Waals surface area contributed by atoms with Crippen molar-refractivity contribution in [3.63, 3.8) is 0 Å². The van der Waals surface area contributed by atoms with Crippen molar-refractivity contribution in [2.24, 2.45) is 34.5 Å². The lowest BCUT2D eigenvalue weighted by molar-refractivity contribution is -0.398. The molecule has 42 heavy (non-hydrogen) atoms. The van der Waals surface area contributed by atoms with Gasteiger partial charge in [-0.15, -0.1) is 0 Å². The third-order valence-electron chi connectivity index (χ3n) is 14.9. The van der Waals surface area contributed by atoms with Gasteiger partial charge in [-0.25, -0.2) is 0 Å². The summed E-state index contributed by atoms with van der Waals surface area (Å²) >= 11 is 0. The van der Waals surface area contributed by atoms with Crippen molar-refractivity contribution in [3.05, 3.63) is 70.8 Å². The highest BCUT2D eigenvalue weighted by molar-refractivity contribution is 5.46. The van der Waals surface area contributed by atoms with Crippen LogP contribution in [-0.4, -0.2) is 0 Å². The number of unbranched alkanes of at least 4 members (excludes halogenated alkanes) is 9. The molecule has 0 radical (unpaired) electrons. The summed E-state index contributed by atoms with van der Waals surface area (Å²) in [5.74, 6) is 4.11. The van der Waals surface area contributed by atoms with Crippen LogP contribution in [0.2, 0.25) is 0 Å². The molecule has 0 aliphatic heterocycles. The van der Waals surface area contributed by atoms with Crippen molar-refractivity contribution < 1.29 is 0 Å². The minimum atomic E-state index is 0.513. The summed E-state index contributed by atoms with van der Waals surface area (Å²) in [6, 6.07) is 20.5. The molecule has 0 nitrogen and oxygen atoms in total. The summed E-state index contributed by atoms with van der Waals surface area (Å²) in [7, 11) is 0. The number of rotatable bonds is 15. The van der Waals surface area contributed by atoms with Crippen molar-refractivity contribution in [1.29, 1.82) is 0 Å². The van der Waals surface area contributed by atoms with Gasteiger partial charge >= 0.3 is 0 Å². The van der Waals surface area contributed by atoms with Gasteiger partial charge in [0.1, 0.15) is 0 Å². The summed E-state index contributed by atoms with van der Waals surface area (Å²) in [6.07, 6.45) is 28.7. The second-order valence-corrected chi connectivity index (χ2v) is 16.9. The van der Waals surface area contributed by atoms with Crippen LogP contribution in [0, 0.1) is 34.5 Å². The summed E-state index contributed by atoms with van der Waals surface area (Å²) in [6.45, 7) is 4.63. The smallest absolute Gasteiger partial charge is 0.00332 e. The molecule has 6 unspecified atom stereocenters. The van der Waals surface area contributed by atoms with Gasteiger partial charge in [0.2, 0.25) is 0 Å². The van der Waals surface area contributed by atoms with E-state index in [4.69, 9.17) is 0 Å². The first-order chi connectivity index (χ1) is 20.6. The van der Waals surface area contributed by atoms with Gasteiger partial charge in [-0.2, -0.15) is 0 Å². The van der Waals surface area contributed by atoms with E-state index in [9.17, 15) is 0 Å². The molecule has 0 aromatic heterocycles. The zero-order chi connectivity index (χ0) is 28.4. The van der Waals surface area contributed by atoms with Crippen LogP contribution in [0.5, 0.6) is 0 Å². The molecule has 226 valence electrons. The third kappa shape index (κ3) is 4.04. The number of hydrogen-bond acceptors (Lipinski definition) is 0. The van der Waals surface area contributed by atoms with E-state index in [1.54, 1.807) is 28.7 Å². The molecule has 0 saturated heterocycles. The molecule has 9 fully saturated rings. The van der Waals surface area contributed by atoms with Crippen LogP contribution in [0.1, 0.15) is 152 Å². The number of aryl methyl sites for hydroxylation is 2. The van der Waals surface area contributed by atoms with Crippen LogP contribution in [-0.2, 0) is 23.7 Å². The Bertz CT molecular complexity index is 1200. The fourth-order valence-corrected chi connectivity index (χ4v) is 13.4. The SMILES string of the molecule is CCCCCCCCc1ccc(C23CC4C56CC7(c8ccc(CCCCCCC)cc8)CC([C@H]5C2)[C@H](C3)C4(C7)C6)cc1. The molecule has 2 aromatic carbocycles. The number of benzene rings is 2. The van der Waals surface area contributed by atoms with Gasteiger partial charge in [-0.3, -0.25) is 0 Å². The molecule has 2 aromatic rings. The van der Waals surface area contributed by atoms with Gasteiger partial charge in [0.25, 0.3) is 0 Å². The highest BCUT2D eigenvalue weighted by Gasteiger charge is 2.86. The molecule has 0 amide bonds. The predicted molar refractivity (Wildman–Crippen MR) is 177 cm³/mol. The van der Waals surface area contributed by atoms with Crippen LogP contribution in [0.25, 0.3) is 0 Å². The topological polar surface area (TPSA) is 0 Å². The summed E-state index contributed by atoms with van der Waals surface area (Å²) in [5.41, 5.74) is 9.07. The van der Waals surface area contributed by atoms with E-state index in [1.165, 1.54) is 122 Å². The zero-order valence-corrected chi connectivity index (χ0v) is 27.1.